The lowest BCUT2D eigenvalue weighted by Gasteiger charge is -2.15. The fourth-order valence-electron chi connectivity index (χ4n) is 2.14. The largest absolute Gasteiger partial charge is 0.385 e. The van der Waals surface area contributed by atoms with E-state index in [1.54, 1.807) is 7.11 Å². The Bertz CT molecular complexity index is 362. The van der Waals surface area contributed by atoms with Gasteiger partial charge in [0, 0.05) is 26.9 Å². The molecule has 1 aromatic rings. The Morgan fingerprint density at radius 3 is 2.33 bits per heavy atom. The van der Waals surface area contributed by atoms with Crippen molar-refractivity contribution in [1.29, 1.82) is 0 Å². The van der Waals surface area contributed by atoms with Crippen molar-refractivity contribution in [2.45, 2.75) is 39.7 Å². The van der Waals surface area contributed by atoms with Gasteiger partial charge < -0.3 is 14.8 Å². The van der Waals surface area contributed by atoms with E-state index < -0.39 is 0 Å². The number of rotatable bonds is 11. The Hall–Kier alpha value is -0.900. The van der Waals surface area contributed by atoms with Crippen LogP contribution in [-0.4, -0.2) is 33.4 Å². The average molecular weight is 293 g/mol. The van der Waals surface area contributed by atoms with Crippen molar-refractivity contribution in [3.63, 3.8) is 0 Å². The Labute approximate surface area is 130 Å². The van der Waals surface area contributed by atoms with Crippen LogP contribution in [0.15, 0.2) is 24.3 Å². The maximum Gasteiger partial charge on any atom is 0.0716 e. The number of hydrogen-bond donors (Lipinski definition) is 1. The molecule has 0 aliphatic heterocycles. The van der Waals surface area contributed by atoms with Crippen molar-refractivity contribution in [2.75, 3.05) is 33.4 Å². The van der Waals surface area contributed by atoms with Gasteiger partial charge in [-0.2, -0.15) is 0 Å². The lowest BCUT2D eigenvalue weighted by Crippen LogP contribution is -2.24. The highest BCUT2D eigenvalue weighted by atomic mass is 16.5. The standard InChI is InChI=1S/C18H31NO2/c1-15(2)12-19-13-16(3)18-8-6-17(7-9-18)14-21-11-5-10-20-4/h6-9,15-16,19H,5,10-14H2,1-4H3. The highest BCUT2D eigenvalue weighted by Crippen LogP contribution is 2.15. The third-order valence-corrected chi connectivity index (χ3v) is 3.46. The predicted molar refractivity (Wildman–Crippen MR) is 88.7 cm³/mol. The molecule has 1 atom stereocenters. The SMILES string of the molecule is COCCCOCc1ccc(C(C)CNCC(C)C)cc1. The molecule has 0 fully saturated rings. The van der Waals surface area contributed by atoms with Crippen molar-refractivity contribution < 1.29 is 9.47 Å². The summed E-state index contributed by atoms with van der Waals surface area (Å²) in [6, 6.07) is 8.78. The topological polar surface area (TPSA) is 30.5 Å². The molecule has 1 aromatic carbocycles. The molecule has 0 saturated carbocycles. The average Bonchev–Trinajstić information content (AvgIpc) is 2.47. The van der Waals surface area contributed by atoms with E-state index in [4.69, 9.17) is 9.47 Å². The fraction of sp³-hybridized carbons (Fsp3) is 0.667. The number of hydrogen-bond acceptors (Lipinski definition) is 3. The smallest absolute Gasteiger partial charge is 0.0716 e. The zero-order valence-electron chi connectivity index (χ0n) is 14.0. The molecular formula is C18H31NO2. The fourth-order valence-corrected chi connectivity index (χ4v) is 2.14. The molecule has 21 heavy (non-hydrogen) atoms. The lowest BCUT2D eigenvalue weighted by atomic mass is 10.00. The normalized spacial score (nSPS) is 12.8. The maximum absolute atomic E-state index is 5.62. The van der Waals surface area contributed by atoms with E-state index in [1.807, 2.05) is 0 Å². The molecule has 1 rings (SSSR count). The van der Waals surface area contributed by atoms with Gasteiger partial charge in [0.05, 0.1) is 6.61 Å². The van der Waals surface area contributed by atoms with Gasteiger partial charge in [0.1, 0.15) is 0 Å². The third kappa shape index (κ3) is 8.20. The summed E-state index contributed by atoms with van der Waals surface area (Å²) >= 11 is 0. The summed E-state index contributed by atoms with van der Waals surface area (Å²) in [5, 5.41) is 3.51. The Kier molecular flexibility index (Phi) is 9.31. The molecule has 0 aliphatic carbocycles. The van der Waals surface area contributed by atoms with Crippen LogP contribution >= 0.6 is 0 Å². The zero-order chi connectivity index (χ0) is 15.5. The van der Waals surface area contributed by atoms with Crippen molar-refractivity contribution in [1.82, 2.24) is 5.32 Å². The predicted octanol–water partition coefficient (Wildman–Crippen LogP) is 3.59. The molecule has 0 saturated heterocycles. The maximum atomic E-state index is 5.62. The van der Waals surface area contributed by atoms with Gasteiger partial charge in [-0.1, -0.05) is 45.0 Å². The lowest BCUT2D eigenvalue weighted by molar-refractivity contribution is 0.0928. The molecular weight excluding hydrogens is 262 g/mol. The van der Waals surface area contributed by atoms with Crippen molar-refractivity contribution in [3.05, 3.63) is 35.4 Å². The molecule has 0 bridgehead atoms. The van der Waals surface area contributed by atoms with E-state index in [2.05, 4.69) is 50.4 Å². The van der Waals surface area contributed by atoms with Crippen LogP contribution in [0.3, 0.4) is 0 Å². The number of nitrogens with one attached hydrogen (secondary N) is 1. The molecule has 0 radical (unpaired) electrons. The highest BCUT2D eigenvalue weighted by molar-refractivity contribution is 5.24. The van der Waals surface area contributed by atoms with Crippen LogP contribution in [0.1, 0.15) is 44.2 Å². The van der Waals surface area contributed by atoms with E-state index >= 15 is 0 Å². The van der Waals surface area contributed by atoms with E-state index in [9.17, 15) is 0 Å². The second-order valence-electron chi connectivity index (χ2n) is 6.09. The second-order valence-corrected chi connectivity index (χ2v) is 6.09. The second kappa shape index (κ2) is 10.8. The first-order valence-corrected chi connectivity index (χ1v) is 7.99. The van der Waals surface area contributed by atoms with E-state index in [0.29, 0.717) is 18.4 Å². The summed E-state index contributed by atoms with van der Waals surface area (Å²) in [6.45, 7) is 11.1. The monoisotopic (exact) mass is 293 g/mol. The molecule has 120 valence electrons. The van der Waals surface area contributed by atoms with Gasteiger partial charge in [0.25, 0.3) is 0 Å². The Morgan fingerprint density at radius 2 is 1.71 bits per heavy atom. The van der Waals surface area contributed by atoms with Crippen LogP contribution in [0.5, 0.6) is 0 Å². The van der Waals surface area contributed by atoms with E-state index in [-0.39, 0.29) is 0 Å². The van der Waals surface area contributed by atoms with Crippen molar-refractivity contribution >= 4 is 0 Å². The molecule has 3 nitrogen and oxygen atoms in total. The van der Waals surface area contributed by atoms with Crippen LogP contribution in [0.25, 0.3) is 0 Å². The zero-order valence-corrected chi connectivity index (χ0v) is 14.0. The van der Waals surface area contributed by atoms with Crippen LogP contribution in [0.2, 0.25) is 0 Å². The number of benzene rings is 1. The molecule has 3 heteroatoms. The molecule has 1 unspecified atom stereocenters. The Morgan fingerprint density at radius 1 is 1.00 bits per heavy atom. The first-order chi connectivity index (χ1) is 10.1. The minimum absolute atomic E-state index is 0.542. The molecule has 0 heterocycles. The van der Waals surface area contributed by atoms with Crippen LogP contribution in [0, 0.1) is 5.92 Å². The summed E-state index contributed by atoms with van der Waals surface area (Å²) in [7, 11) is 1.72. The molecule has 1 N–H and O–H groups in total. The van der Waals surface area contributed by atoms with Crippen molar-refractivity contribution in [2.24, 2.45) is 5.92 Å². The van der Waals surface area contributed by atoms with Gasteiger partial charge in [-0.15, -0.1) is 0 Å². The first kappa shape index (κ1) is 18.1. The van der Waals surface area contributed by atoms with Gasteiger partial charge in [0.15, 0.2) is 0 Å². The van der Waals surface area contributed by atoms with Gasteiger partial charge in [-0.3, -0.25) is 0 Å². The van der Waals surface area contributed by atoms with Crippen LogP contribution in [-0.2, 0) is 16.1 Å². The van der Waals surface area contributed by atoms with Crippen LogP contribution in [0.4, 0.5) is 0 Å². The summed E-state index contributed by atoms with van der Waals surface area (Å²) < 4.78 is 10.6. The minimum atomic E-state index is 0.542. The molecule has 0 spiro atoms. The molecule has 0 amide bonds. The minimum Gasteiger partial charge on any atom is -0.385 e. The number of ether oxygens (including phenoxy) is 2. The summed E-state index contributed by atoms with van der Waals surface area (Å²) in [5.41, 5.74) is 2.62. The summed E-state index contributed by atoms with van der Waals surface area (Å²) in [5.74, 6) is 1.25. The van der Waals surface area contributed by atoms with Gasteiger partial charge >= 0.3 is 0 Å². The van der Waals surface area contributed by atoms with E-state index in [1.165, 1.54) is 11.1 Å². The molecule has 0 aromatic heterocycles. The van der Waals surface area contributed by atoms with Gasteiger partial charge in [0.2, 0.25) is 0 Å². The third-order valence-electron chi connectivity index (χ3n) is 3.46. The van der Waals surface area contributed by atoms with Crippen LogP contribution < -0.4 is 5.32 Å². The van der Waals surface area contributed by atoms with E-state index in [0.717, 1.165) is 32.7 Å². The van der Waals surface area contributed by atoms with Gasteiger partial charge in [-0.25, -0.2) is 0 Å². The van der Waals surface area contributed by atoms with Crippen molar-refractivity contribution in [3.8, 4) is 0 Å². The Balaban J connectivity index is 2.28. The highest BCUT2D eigenvalue weighted by Gasteiger charge is 2.05. The quantitative estimate of drug-likeness (QED) is 0.633. The molecule has 0 aliphatic rings. The number of methoxy groups -OCH3 is 1. The summed E-state index contributed by atoms with van der Waals surface area (Å²) in [4.78, 5) is 0. The summed E-state index contributed by atoms with van der Waals surface area (Å²) in [6.07, 6.45) is 0.952. The van der Waals surface area contributed by atoms with Gasteiger partial charge in [-0.05, 0) is 35.9 Å². The first-order valence-electron chi connectivity index (χ1n) is 7.99.